The van der Waals surface area contributed by atoms with Gasteiger partial charge in [0.05, 0.1) is 6.42 Å². The van der Waals surface area contributed by atoms with E-state index in [1.54, 1.807) is 0 Å². The van der Waals surface area contributed by atoms with Crippen molar-refractivity contribution in [2.24, 2.45) is 5.73 Å². The summed E-state index contributed by atoms with van der Waals surface area (Å²) in [6, 6.07) is 9.69. The van der Waals surface area contributed by atoms with Crippen molar-refractivity contribution in [1.82, 2.24) is 10.2 Å². The van der Waals surface area contributed by atoms with Crippen molar-refractivity contribution in [3.8, 4) is 0 Å². The number of hydrogen-bond acceptors (Lipinski definition) is 3. The summed E-state index contributed by atoms with van der Waals surface area (Å²) >= 11 is 0. The number of carbonyl (C=O) groups excluding carboxylic acids is 1. The second-order valence-corrected chi connectivity index (χ2v) is 5.23. The first-order valence-corrected chi connectivity index (χ1v) is 6.87. The smallest absolute Gasteiger partial charge is 0.229 e. The van der Waals surface area contributed by atoms with Crippen LogP contribution < -0.4 is 11.1 Å². The van der Waals surface area contributed by atoms with Gasteiger partial charge in [-0.3, -0.25) is 9.89 Å². The molecule has 1 aromatic carbocycles. The molecule has 0 unspecified atom stereocenters. The largest absolute Gasteiger partial charge is 0.326 e. The van der Waals surface area contributed by atoms with Crippen molar-refractivity contribution >= 4 is 11.7 Å². The maximum atomic E-state index is 12.0. The van der Waals surface area contributed by atoms with Crippen LogP contribution in [-0.4, -0.2) is 16.1 Å². The molecule has 20 heavy (non-hydrogen) atoms. The number of aromatic nitrogens is 2. The summed E-state index contributed by atoms with van der Waals surface area (Å²) in [6.07, 6.45) is 2.75. The number of H-pyrrole nitrogens is 1. The lowest BCUT2D eigenvalue weighted by atomic mass is 10.1. The van der Waals surface area contributed by atoms with E-state index in [0.717, 1.165) is 16.8 Å². The molecule has 1 saturated carbocycles. The summed E-state index contributed by atoms with van der Waals surface area (Å²) in [7, 11) is 0. The van der Waals surface area contributed by atoms with E-state index in [2.05, 4.69) is 15.5 Å². The number of carbonyl (C=O) groups is 1. The highest BCUT2D eigenvalue weighted by Gasteiger charge is 2.25. The fourth-order valence-electron chi connectivity index (χ4n) is 2.24. The minimum atomic E-state index is -0.0620. The van der Waals surface area contributed by atoms with Crippen LogP contribution in [0.1, 0.15) is 35.6 Å². The number of nitrogens with zero attached hydrogens (tertiary/aromatic N) is 1. The zero-order valence-corrected chi connectivity index (χ0v) is 11.2. The fourth-order valence-corrected chi connectivity index (χ4v) is 2.24. The van der Waals surface area contributed by atoms with Gasteiger partial charge >= 0.3 is 0 Å². The molecule has 0 aliphatic heterocycles. The van der Waals surface area contributed by atoms with Crippen LogP contribution in [0.15, 0.2) is 30.3 Å². The first kappa shape index (κ1) is 12.9. The Morgan fingerprint density at radius 3 is 2.90 bits per heavy atom. The van der Waals surface area contributed by atoms with E-state index in [0.29, 0.717) is 24.7 Å². The lowest BCUT2D eigenvalue weighted by Crippen LogP contribution is -2.14. The highest BCUT2D eigenvalue weighted by atomic mass is 16.1. The Kier molecular flexibility index (Phi) is 3.52. The normalized spacial score (nSPS) is 14.2. The van der Waals surface area contributed by atoms with Crippen molar-refractivity contribution < 1.29 is 4.79 Å². The first-order chi connectivity index (χ1) is 9.74. The molecule has 0 saturated heterocycles. The zero-order chi connectivity index (χ0) is 13.9. The Balaban J connectivity index is 1.60. The monoisotopic (exact) mass is 270 g/mol. The van der Waals surface area contributed by atoms with Gasteiger partial charge in [-0.15, -0.1) is 0 Å². The van der Waals surface area contributed by atoms with Crippen molar-refractivity contribution in [1.29, 1.82) is 0 Å². The number of amides is 1. The van der Waals surface area contributed by atoms with Crippen molar-refractivity contribution in [3.05, 3.63) is 47.2 Å². The summed E-state index contributed by atoms with van der Waals surface area (Å²) in [5.74, 6) is 1.15. The van der Waals surface area contributed by atoms with Crippen LogP contribution in [-0.2, 0) is 17.8 Å². The number of nitrogens with two attached hydrogens (primary N) is 1. The van der Waals surface area contributed by atoms with E-state index >= 15 is 0 Å². The Bertz CT molecular complexity index is 616. The number of nitrogens with one attached hydrogen (secondary N) is 2. The van der Waals surface area contributed by atoms with Crippen molar-refractivity contribution in [2.45, 2.75) is 31.7 Å². The SMILES string of the molecule is NCc1cccc(CC(=O)Nc2cc(C3CC3)[nH]n2)c1. The minimum absolute atomic E-state index is 0.0620. The molecule has 0 atom stereocenters. The Labute approximate surface area is 117 Å². The van der Waals surface area contributed by atoms with Crippen LogP contribution in [0.3, 0.4) is 0 Å². The van der Waals surface area contributed by atoms with Gasteiger partial charge < -0.3 is 11.1 Å². The lowest BCUT2D eigenvalue weighted by molar-refractivity contribution is -0.115. The molecule has 1 heterocycles. The molecule has 0 radical (unpaired) electrons. The average Bonchev–Trinajstić information content (AvgIpc) is 3.20. The van der Waals surface area contributed by atoms with Gasteiger partial charge in [0.1, 0.15) is 0 Å². The maximum absolute atomic E-state index is 12.0. The van der Waals surface area contributed by atoms with Crippen molar-refractivity contribution in [2.75, 3.05) is 5.32 Å². The molecule has 1 aliphatic carbocycles. The molecular weight excluding hydrogens is 252 g/mol. The fraction of sp³-hybridized carbons (Fsp3) is 0.333. The third-order valence-corrected chi connectivity index (χ3v) is 3.47. The molecule has 5 nitrogen and oxygen atoms in total. The Morgan fingerprint density at radius 1 is 1.35 bits per heavy atom. The van der Waals surface area contributed by atoms with E-state index in [1.807, 2.05) is 30.3 Å². The van der Waals surface area contributed by atoms with Crippen LogP contribution in [0, 0.1) is 0 Å². The molecule has 2 aromatic rings. The predicted octanol–water partition coefficient (Wildman–Crippen LogP) is 1.93. The van der Waals surface area contributed by atoms with E-state index in [4.69, 9.17) is 5.73 Å². The molecule has 1 aliphatic rings. The van der Waals surface area contributed by atoms with Gasteiger partial charge in [0.15, 0.2) is 5.82 Å². The summed E-state index contributed by atoms with van der Waals surface area (Å²) in [5, 5.41) is 9.91. The molecule has 5 heteroatoms. The Morgan fingerprint density at radius 2 is 2.15 bits per heavy atom. The Hall–Kier alpha value is -2.14. The third kappa shape index (κ3) is 3.05. The molecule has 3 rings (SSSR count). The molecular formula is C15H18N4O. The quantitative estimate of drug-likeness (QED) is 0.776. The molecule has 1 aromatic heterocycles. The van der Waals surface area contributed by atoms with Crippen LogP contribution >= 0.6 is 0 Å². The summed E-state index contributed by atoms with van der Waals surface area (Å²) in [6.45, 7) is 0.486. The topological polar surface area (TPSA) is 83.8 Å². The molecule has 0 spiro atoms. The van der Waals surface area contributed by atoms with Crippen molar-refractivity contribution in [3.63, 3.8) is 0 Å². The molecule has 0 bridgehead atoms. The standard InChI is InChI=1S/C15H18N4O/c16-9-11-3-1-2-10(6-11)7-15(20)17-14-8-13(18-19-14)12-4-5-12/h1-3,6,8,12H,4-5,7,9,16H2,(H2,17,18,19,20). The van der Waals surface area contributed by atoms with Gasteiger partial charge in [-0.05, 0) is 24.0 Å². The number of hydrogen-bond donors (Lipinski definition) is 3. The second kappa shape index (κ2) is 5.46. The van der Waals surface area contributed by atoms with E-state index in [1.165, 1.54) is 12.8 Å². The first-order valence-electron chi connectivity index (χ1n) is 6.87. The van der Waals surface area contributed by atoms with Gasteiger partial charge in [-0.1, -0.05) is 24.3 Å². The average molecular weight is 270 g/mol. The maximum Gasteiger partial charge on any atom is 0.229 e. The highest BCUT2D eigenvalue weighted by Crippen LogP contribution is 2.39. The van der Waals surface area contributed by atoms with Crippen LogP contribution in [0.4, 0.5) is 5.82 Å². The molecule has 1 fully saturated rings. The predicted molar refractivity (Wildman–Crippen MR) is 77.2 cm³/mol. The zero-order valence-electron chi connectivity index (χ0n) is 11.2. The number of aromatic amines is 1. The molecule has 104 valence electrons. The summed E-state index contributed by atoms with van der Waals surface area (Å²) < 4.78 is 0. The van der Waals surface area contributed by atoms with Gasteiger partial charge in [0.2, 0.25) is 5.91 Å². The van der Waals surface area contributed by atoms with Gasteiger partial charge in [-0.25, -0.2) is 0 Å². The van der Waals surface area contributed by atoms with E-state index in [-0.39, 0.29) is 5.91 Å². The molecule has 1 amide bonds. The number of benzene rings is 1. The van der Waals surface area contributed by atoms with Crippen LogP contribution in [0.5, 0.6) is 0 Å². The summed E-state index contributed by atoms with van der Waals surface area (Å²) in [5.41, 5.74) is 8.71. The minimum Gasteiger partial charge on any atom is -0.326 e. The van der Waals surface area contributed by atoms with Gasteiger partial charge in [0.25, 0.3) is 0 Å². The number of anilines is 1. The molecule has 4 N–H and O–H groups in total. The lowest BCUT2D eigenvalue weighted by Gasteiger charge is -2.04. The second-order valence-electron chi connectivity index (χ2n) is 5.23. The summed E-state index contributed by atoms with van der Waals surface area (Å²) in [4.78, 5) is 12.0. The van der Waals surface area contributed by atoms with Crippen LogP contribution in [0.25, 0.3) is 0 Å². The van der Waals surface area contributed by atoms with E-state index < -0.39 is 0 Å². The highest BCUT2D eigenvalue weighted by molar-refractivity contribution is 5.91. The third-order valence-electron chi connectivity index (χ3n) is 3.47. The number of rotatable bonds is 5. The van der Waals surface area contributed by atoms with Gasteiger partial charge in [-0.2, -0.15) is 5.10 Å². The van der Waals surface area contributed by atoms with Gasteiger partial charge in [0, 0.05) is 24.2 Å². The van der Waals surface area contributed by atoms with Crippen LogP contribution in [0.2, 0.25) is 0 Å². The van der Waals surface area contributed by atoms with E-state index in [9.17, 15) is 4.79 Å².